The van der Waals surface area contributed by atoms with Crippen LogP contribution in [0.25, 0.3) is 10.8 Å². The van der Waals surface area contributed by atoms with Crippen LogP contribution in [-0.2, 0) is 0 Å². The number of nitrogens with two attached hydrogens (primary N) is 2. The van der Waals surface area contributed by atoms with Crippen molar-refractivity contribution >= 4 is 34.0 Å². The Kier molecular flexibility index (Phi) is 5.65. The van der Waals surface area contributed by atoms with Crippen LogP contribution in [0.4, 0.5) is 0 Å². The summed E-state index contributed by atoms with van der Waals surface area (Å²) in [5.74, 6) is -0.439. The van der Waals surface area contributed by atoms with E-state index in [1.54, 1.807) is 24.3 Å². The van der Waals surface area contributed by atoms with Gasteiger partial charge in [-0.3, -0.25) is 0 Å². The SMILES string of the molecule is N#CC1=C(N)Oc2c3c(c4ccccc4c2[C@H]1c1ccc(Cl)cc1)[C@@H](c1ccc(Cl)cc1)C(C#N)=C(N)O3. The fourth-order valence-corrected chi connectivity index (χ4v) is 5.59. The molecule has 0 fully saturated rings. The maximum absolute atomic E-state index is 10.1. The molecular formula is C30H18Cl2N4O2. The molecule has 184 valence electrons. The summed E-state index contributed by atoms with van der Waals surface area (Å²) in [5, 5.41) is 23.0. The molecule has 6 nitrogen and oxygen atoms in total. The highest BCUT2D eigenvalue weighted by Crippen LogP contribution is 2.56. The highest BCUT2D eigenvalue weighted by molar-refractivity contribution is 6.30. The number of fused-ring (bicyclic) bond motifs is 6. The number of hydrogen-bond donors (Lipinski definition) is 2. The highest BCUT2D eigenvalue weighted by atomic mass is 35.5. The number of nitriles is 2. The van der Waals surface area contributed by atoms with Gasteiger partial charge >= 0.3 is 0 Å². The summed E-state index contributed by atoms with van der Waals surface area (Å²) in [6, 6.07) is 26.7. The van der Waals surface area contributed by atoms with E-state index in [0.29, 0.717) is 21.5 Å². The zero-order chi connectivity index (χ0) is 26.6. The number of halogens is 2. The fraction of sp³-hybridized carbons (Fsp3) is 0.0667. The van der Waals surface area contributed by atoms with Crippen LogP contribution in [0.5, 0.6) is 11.5 Å². The first-order valence-corrected chi connectivity index (χ1v) is 12.4. The molecular weight excluding hydrogens is 519 g/mol. The average molecular weight is 537 g/mol. The van der Waals surface area contributed by atoms with Crippen molar-refractivity contribution in [1.29, 1.82) is 10.5 Å². The molecule has 2 aliphatic rings. The topological polar surface area (TPSA) is 118 Å². The predicted molar refractivity (Wildman–Crippen MR) is 145 cm³/mol. The molecule has 38 heavy (non-hydrogen) atoms. The fourth-order valence-electron chi connectivity index (χ4n) is 5.34. The summed E-state index contributed by atoms with van der Waals surface area (Å²) in [4.78, 5) is 0. The van der Waals surface area contributed by atoms with Gasteiger partial charge in [0.05, 0.1) is 11.8 Å². The molecule has 2 atom stereocenters. The maximum Gasteiger partial charge on any atom is 0.205 e. The van der Waals surface area contributed by atoms with Crippen molar-refractivity contribution in [1.82, 2.24) is 0 Å². The van der Waals surface area contributed by atoms with Gasteiger partial charge < -0.3 is 20.9 Å². The first kappa shape index (κ1) is 23.8. The molecule has 0 spiro atoms. The Hall–Kier alpha value is -4.62. The molecule has 0 saturated carbocycles. The van der Waals surface area contributed by atoms with E-state index in [0.717, 1.165) is 33.0 Å². The molecule has 0 amide bonds. The van der Waals surface area contributed by atoms with Gasteiger partial charge in [0, 0.05) is 21.2 Å². The molecule has 2 heterocycles. The van der Waals surface area contributed by atoms with E-state index < -0.39 is 11.8 Å². The van der Waals surface area contributed by atoms with Crippen molar-refractivity contribution in [2.75, 3.05) is 0 Å². The number of rotatable bonds is 2. The molecule has 0 bridgehead atoms. The lowest BCUT2D eigenvalue weighted by molar-refractivity contribution is 0.337. The summed E-state index contributed by atoms with van der Waals surface area (Å²) in [7, 11) is 0. The minimum Gasteiger partial charge on any atom is -0.436 e. The average Bonchev–Trinajstić information content (AvgIpc) is 2.93. The predicted octanol–water partition coefficient (Wildman–Crippen LogP) is 6.58. The molecule has 4 aromatic rings. The van der Waals surface area contributed by atoms with Crippen LogP contribution in [-0.4, -0.2) is 0 Å². The molecule has 4 aromatic carbocycles. The van der Waals surface area contributed by atoms with Crippen molar-refractivity contribution in [2.45, 2.75) is 11.8 Å². The van der Waals surface area contributed by atoms with Crippen molar-refractivity contribution in [3.8, 4) is 23.6 Å². The molecule has 8 heteroatoms. The molecule has 0 saturated heterocycles. The van der Waals surface area contributed by atoms with E-state index in [9.17, 15) is 10.5 Å². The second-order valence-electron chi connectivity index (χ2n) is 8.98. The van der Waals surface area contributed by atoms with Crippen LogP contribution >= 0.6 is 23.2 Å². The molecule has 2 aliphatic heterocycles. The molecule has 4 N–H and O–H groups in total. The minimum absolute atomic E-state index is 0.0299. The highest BCUT2D eigenvalue weighted by Gasteiger charge is 2.41. The van der Waals surface area contributed by atoms with Crippen molar-refractivity contribution in [3.05, 3.63) is 128 Å². The summed E-state index contributed by atoms with van der Waals surface area (Å²) >= 11 is 12.3. The first-order valence-electron chi connectivity index (χ1n) is 11.7. The lowest BCUT2D eigenvalue weighted by atomic mass is 9.76. The summed E-state index contributed by atoms with van der Waals surface area (Å²) in [5.41, 5.74) is 16.3. The van der Waals surface area contributed by atoms with E-state index >= 15 is 0 Å². The Morgan fingerprint density at radius 1 is 0.605 bits per heavy atom. The van der Waals surface area contributed by atoms with Crippen LogP contribution < -0.4 is 20.9 Å². The molecule has 0 aromatic heterocycles. The first-order chi connectivity index (χ1) is 18.4. The van der Waals surface area contributed by atoms with Crippen LogP contribution in [0.3, 0.4) is 0 Å². The smallest absolute Gasteiger partial charge is 0.205 e. The minimum atomic E-state index is -0.545. The van der Waals surface area contributed by atoms with Gasteiger partial charge in [0.25, 0.3) is 0 Å². The van der Waals surface area contributed by atoms with Gasteiger partial charge in [-0.15, -0.1) is 0 Å². The summed E-state index contributed by atoms with van der Waals surface area (Å²) in [6.07, 6.45) is 0. The number of nitrogens with zero attached hydrogens (tertiary/aromatic N) is 2. The molecule has 0 aliphatic carbocycles. The Labute approximate surface area is 228 Å². The van der Waals surface area contributed by atoms with Gasteiger partial charge in [-0.25, -0.2) is 0 Å². The quantitative estimate of drug-likeness (QED) is 0.298. The third kappa shape index (κ3) is 3.55. The van der Waals surface area contributed by atoms with E-state index in [4.69, 9.17) is 44.1 Å². The lowest BCUT2D eigenvalue weighted by Gasteiger charge is -2.34. The standard InChI is InChI=1S/C30H18Cl2N4O2/c31-17-9-5-15(6-10-17)23-21(13-33)29(35)37-27-25(23)19-3-1-2-4-20(19)26-24(16-7-11-18(32)12-8-16)22(14-34)30(36)38-28(26)27/h1-12,23-24H,35-36H2/t23-,24-/m0/s1. The second-order valence-corrected chi connectivity index (χ2v) is 9.86. The monoisotopic (exact) mass is 536 g/mol. The van der Waals surface area contributed by atoms with Crippen molar-refractivity contribution < 1.29 is 9.47 Å². The number of benzene rings is 4. The van der Waals surface area contributed by atoms with Crippen LogP contribution in [0.15, 0.2) is 95.7 Å². The number of ether oxygens (including phenoxy) is 2. The van der Waals surface area contributed by atoms with Gasteiger partial charge in [-0.1, -0.05) is 71.7 Å². The molecule has 0 unspecified atom stereocenters. The second kappa shape index (κ2) is 9.04. The van der Waals surface area contributed by atoms with Gasteiger partial charge in [-0.2, -0.15) is 10.5 Å². The zero-order valence-electron chi connectivity index (χ0n) is 19.7. The van der Waals surface area contributed by atoms with E-state index in [-0.39, 0.29) is 22.9 Å². The van der Waals surface area contributed by atoms with E-state index in [1.807, 2.05) is 48.5 Å². The van der Waals surface area contributed by atoms with Crippen LogP contribution in [0.2, 0.25) is 10.0 Å². The van der Waals surface area contributed by atoms with Gasteiger partial charge in [-0.05, 0) is 46.2 Å². The normalized spacial score (nSPS) is 18.1. The summed E-state index contributed by atoms with van der Waals surface area (Å²) < 4.78 is 12.3. The van der Waals surface area contributed by atoms with Gasteiger partial charge in [0.15, 0.2) is 11.5 Å². The largest absolute Gasteiger partial charge is 0.436 e. The molecule has 0 radical (unpaired) electrons. The third-order valence-electron chi connectivity index (χ3n) is 6.96. The van der Waals surface area contributed by atoms with E-state index in [1.165, 1.54) is 0 Å². The lowest BCUT2D eigenvalue weighted by Crippen LogP contribution is -2.26. The Balaban J connectivity index is 1.73. The summed E-state index contributed by atoms with van der Waals surface area (Å²) in [6.45, 7) is 0. The Morgan fingerprint density at radius 2 is 0.974 bits per heavy atom. The van der Waals surface area contributed by atoms with E-state index in [2.05, 4.69) is 12.1 Å². The Bertz CT molecular complexity index is 1650. The number of allylic oxidation sites excluding steroid dienone is 2. The third-order valence-corrected chi connectivity index (χ3v) is 7.46. The number of hydrogen-bond acceptors (Lipinski definition) is 6. The maximum atomic E-state index is 10.1. The van der Waals surface area contributed by atoms with Crippen molar-refractivity contribution in [2.24, 2.45) is 11.5 Å². The molecule has 6 rings (SSSR count). The van der Waals surface area contributed by atoms with Crippen LogP contribution in [0.1, 0.15) is 34.1 Å². The van der Waals surface area contributed by atoms with Crippen molar-refractivity contribution in [3.63, 3.8) is 0 Å². The zero-order valence-corrected chi connectivity index (χ0v) is 21.2. The van der Waals surface area contributed by atoms with Crippen LogP contribution in [0, 0.1) is 22.7 Å². The Morgan fingerprint density at radius 3 is 1.32 bits per heavy atom. The van der Waals surface area contributed by atoms with Gasteiger partial charge in [0.1, 0.15) is 23.3 Å². The van der Waals surface area contributed by atoms with Gasteiger partial charge in [0.2, 0.25) is 11.8 Å².